The Labute approximate surface area is 189 Å². The number of urea groups is 1. The molecule has 0 atom stereocenters. The van der Waals surface area contributed by atoms with Crippen LogP contribution in [0.1, 0.15) is 17.0 Å². The number of nitrogens with one attached hydrogen (secondary N) is 1. The lowest BCUT2D eigenvalue weighted by molar-refractivity contribution is -0.130. The predicted octanol–water partition coefficient (Wildman–Crippen LogP) is 3.74. The van der Waals surface area contributed by atoms with Crippen LogP contribution >= 0.6 is 0 Å². The first-order chi connectivity index (χ1) is 16.1. The van der Waals surface area contributed by atoms with Crippen LogP contribution in [0.4, 0.5) is 4.79 Å². The average molecular weight is 440 g/mol. The lowest BCUT2D eigenvalue weighted by Crippen LogP contribution is -2.45. The van der Waals surface area contributed by atoms with Crippen molar-refractivity contribution < 1.29 is 18.8 Å². The van der Waals surface area contributed by atoms with Crippen LogP contribution in [0.15, 0.2) is 89.5 Å². The van der Waals surface area contributed by atoms with E-state index in [0.29, 0.717) is 28.3 Å². The standard InChI is InChI=1S/C25H20N4O4/c1-32-20-14-8-9-17(15-20)22-26-21(33-28-22)16-29-23(30)25(27-24(29)31,18-10-4-2-5-11-18)19-12-6-3-7-13-19/h2-15H,16H2,1H3,(H,27,31). The molecule has 2 heterocycles. The molecule has 1 saturated heterocycles. The number of carbonyl (C=O) groups excluding carboxylic acids is 2. The topological polar surface area (TPSA) is 97.6 Å². The molecule has 4 aromatic rings. The van der Waals surface area contributed by atoms with Crippen molar-refractivity contribution in [1.82, 2.24) is 20.4 Å². The van der Waals surface area contributed by atoms with Crippen molar-refractivity contribution in [2.75, 3.05) is 7.11 Å². The van der Waals surface area contributed by atoms with Gasteiger partial charge in [-0.2, -0.15) is 4.98 Å². The van der Waals surface area contributed by atoms with E-state index in [-0.39, 0.29) is 12.4 Å². The summed E-state index contributed by atoms with van der Waals surface area (Å²) in [5.74, 6) is 0.732. The molecule has 5 rings (SSSR count). The van der Waals surface area contributed by atoms with Gasteiger partial charge in [-0.25, -0.2) is 4.79 Å². The van der Waals surface area contributed by atoms with Crippen LogP contribution < -0.4 is 10.1 Å². The summed E-state index contributed by atoms with van der Waals surface area (Å²) >= 11 is 0. The molecule has 0 aliphatic carbocycles. The zero-order valence-electron chi connectivity index (χ0n) is 17.8. The minimum atomic E-state index is -1.34. The van der Waals surface area contributed by atoms with Crippen LogP contribution in [0.25, 0.3) is 11.4 Å². The first-order valence-electron chi connectivity index (χ1n) is 10.3. The number of carbonyl (C=O) groups is 2. The second-order valence-electron chi connectivity index (χ2n) is 7.55. The monoisotopic (exact) mass is 440 g/mol. The summed E-state index contributed by atoms with van der Waals surface area (Å²) in [5.41, 5.74) is 0.693. The zero-order valence-corrected chi connectivity index (χ0v) is 17.8. The van der Waals surface area contributed by atoms with Gasteiger partial charge in [0.05, 0.1) is 7.11 Å². The molecular weight excluding hydrogens is 420 g/mol. The average Bonchev–Trinajstić information content (AvgIpc) is 3.44. The SMILES string of the molecule is COc1cccc(-c2noc(CN3C(=O)NC(c4ccccc4)(c4ccccc4)C3=O)n2)c1. The number of rotatable bonds is 6. The van der Waals surface area contributed by atoms with Gasteiger partial charge in [0.15, 0.2) is 5.54 Å². The Hall–Kier alpha value is -4.46. The fraction of sp³-hybridized carbons (Fsp3) is 0.120. The summed E-state index contributed by atoms with van der Waals surface area (Å²) in [6.45, 7) is -0.150. The third-order valence-electron chi connectivity index (χ3n) is 5.61. The van der Waals surface area contributed by atoms with Crippen molar-refractivity contribution in [3.63, 3.8) is 0 Å². The van der Waals surface area contributed by atoms with Gasteiger partial charge >= 0.3 is 6.03 Å². The molecule has 0 radical (unpaired) electrons. The number of amides is 3. The summed E-state index contributed by atoms with van der Waals surface area (Å²) in [5, 5.41) is 6.90. The molecule has 0 saturated carbocycles. The van der Waals surface area contributed by atoms with E-state index in [4.69, 9.17) is 9.26 Å². The highest BCUT2D eigenvalue weighted by atomic mass is 16.5. The Morgan fingerprint density at radius 2 is 1.61 bits per heavy atom. The maximum atomic E-state index is 13.7. The van der Waals surface area contributed by atoms with Crippen molar-refractivity contribution >= 4 is 11.9 Å². The van der Waals surface area contributed by atoms with Crippen molar-refractivity contribution in [3.05, 3.63) is 102 Å². The van der Waals surface area contributed by atoms with E-state index >= 15 is 0 Å². The van der Waals surface area contributed by atoms with E-state index in [9.17, 15) is 9.59 Å². The second-order valence-corrected chi connectivity index (χ2v) is 7.55. The Balaban J connectivity index is 1.48. The minimum Gasteiger partial charge on any atom is -0.497 e. The molecule has 1 aliphatic rings. The molecule has 3 amide bonds. The third kappa shape index (κ3) is 3.51. The largest absolute Gasteiger partial charge is 0.497 e. The second kappa shape index (κ2) is 8.23. The van der Waals surface area contributed by atoms with E-state index < -0.39 is 17.5 Å². The van der Waals surface area contributed by atoms with Crippen LogP contribution in [-0.2, 0) is 16.9 Å². The number of ether oxygens (including phenoxy) is 1. The number of hydrogen-bond donors (Lipinski definition) is 1. The molecule has 1 aromatic heterocycles. The highest BCUT2D eigenvalue weighted by Crippen LogP contribution is 2.36. The van der Waals surface area contributed by atoms with Crippen molar-refractivity contribution in [2.24, 2.45) is 0 Å². The van der Waals surface area contributed by atoms with Gasteiger partial charge in [-0.05, 0) is 23.3 Å². The molecule has 1 N–H and O–H groups in total. The van der Waals surface area contributed by atoms with Gasteiger partial charge in [0.1, 0.15) is 12.3 Å². The van der Waals surface area contributed by atoms with E-state index in [0.717, 1.165) is 4.90 Å². The van der Waals surface area contributed by atoms with Gasteiger partial charge in [-0.1, -0.05) is 78.0 Å². The van der Waals surface area contributed by atoms with E-state index in [1.165, 1.54) is 0 Å². The lowest BCUT2D eigenvalue weighted by atomic mass is 9.82. The zero-order chi connectivity index (χ0) is 22.8. The fourth-order valence-electron chi connectivity index (χ4n) is 3.99. The third-order valence-corrected chi connectivity index (χ3v) is 5.61. The summed E-state index contributed by atoms with van der Waals surface area (Å²) in [6.07, 6.45) is 0. The first-order valence-corrected chi connectivity index (χ1v) is 10.3. The molecule has 8 heteroatoms. The van der Waals surface area contributed by atoms with Crippen molar-refractivity contribution in [1.29, 1.82) is 0 Å². The molecule has 8 nitrogen and oxygen atoms in total. The number of hydrogen-bond acceptors (Lipinski definition) is 6. The number of nitrogens with zero attached hydrogens (tertiary/aromatic N) is 3. The van der Waals surface area contributed by atoms with Crippen molar-refractivity contribution in [2.45, 2.75) is 12.1 Å². The maximum absolute atomic E-state index is 13.7. The van der Waals surface area contributed by atoms with Crippen LogP contribution in [0, 0.1) is 0 Å². The molecule has 1 fully saturated rings. The van der Waals surface area contributed by atoms with Gasteiger partial charge in [-0.3, -0.25) is 9.69 Å². The Morgan fingerprint density at radius 3 is 2.24 bits per heavy atom. The Morgan fingerprint density at radius 1 is 0.939 bits per heavy atom. The highest BCUT2D eigenvalue weighted by Gasteiger charge is 2.54. The van der Waals surface area contributed by atoms with E-state index in [1.54, 1.807) is 13.2 Å². The highest BCUT2D eigenvalue weighted by molar-refractivity contribution is 6.09. The molecule has 0 spiro atoms. The van der Waals surface area contributed by atoms with Crippen LogP contribution in [0.2, 0.25) is 0 Å². The Kier molecular flexibility index (Phi) is 5.10. The number of methoxy groups -OCH3 is 1. The molecule has 0 bridgehead atoms. The molecule has 164 valence electrons. The summed E-state index contributed by atoms with van der Waals surface area (Å²) in [6, 6.07) is 25.0. The quantitative estimate of drug-likeness (QED) is 0.459. The van der Waals surface area contributed by atoms with Gasteiger partial charge in [0.2, 0.25) is 11.7 Å². The molecule has 3 aromatic carbocycles. The van der Waals surface area contributed by atoms with Gasteiger partial charge in [0, 0.05) is 5.56 Å². The lowest BCUT2D eigenvalue weighted by Gasteiger charge is -2.27. The molecule has 1 aliphatic heterocycles. The summed E-state index contributed by atoms with van der Waals surface area (Å²) < 4.78 is 10.6. The van der Waals surface area contributed by atoms with E-state index in [2.05, 4.69) is 15.5 Å². The molecule has 0 unspecified atom stereocenters. The van der Waals surface area contributed by atoms with Crippen LogP contribution in [-0.4, -0.2) is 34.1 Å². The minimum absolute atomic E-state index is 0.147. The Bertz CT molecular complexity index is 1260. The van der Waals surface area contributed by atoms with Crippen LogP contribution in [0.5, 0.6) is 5.75 Å². The van der Waals surface area contributed by atoms with Gasteiger partial charge < -0.3 is 14.6 Å². The van der Waals surface area contributed by atoms with Crippen LogP contribution in [0.3, 0.4) is 0 Å². The normalized spacial score (nSPS) is 14.9. The van der Waals surface area contributed by atoms with E-state index in [1.807, 2.05) is 78.9 Å². The number of aromatic nitrogens is 2. The molecule has 33 heavy (non-hydrogen) atoms. The number of benzene rings is 3. The van der Waals surface area contributed by atoms with Gasteiger partial charge in [-0.15, -0.1) is 0 Å². The van der Waals surface area contributed by atoms with Crippen molar-refractivity contribution in [3.8, 4) is 17.1 Å². The number of imide groups is 1. The fourth-order valence-corrected chi connectivity index (χ4v) is 3.99. The summed E-state index contributed by atoms with van der Waals surface area (Å²) in [4.78, 5) is 32.2. The predicted molar refractivity (Wildman–Crippen MR) is 119 cm³/mol. The van der Waals surface area contributed by atoms with Gasteiger partial charge in [0.25, 0.3) is 5.91 Å². The smallest absolute Gasteiger partial charge is 0.326 e. The first kappa shape index (κ1) is 20.4. The molecular formula is C25H20N4O4. The summed E-state index contributed by atoms with van der Waals surface area (Å²) in [7, 11) is 1.57. The maximum Gasteiger partial charge on any atom is 0.326 e.